The molecule has 0 aliphatic rings. The number of nitrogens with zero attached hydrogens (tertiary/aromatic N) is 5. The summed E-state index contributed by atoms with van der Waals surface area (Å²) in [6.45, 7) is 4.08. The van der Waals surface area contributed by atoms with E-state index in [4.69, 9.17) is 4.98 Å². The number of hydrogen-bond donors (Lipinski definition) is 1. The molecule has 1 N–H and O–H groups in total. The summed E-state index contributed by atoms with van der Waals surface area (Å²) in [5.74, 6) is 1.33. The molecule has 7 nitrogen and oxygen atoms in total. The van der Waals surface area contributed by atoms with Crippen LogP contribution in [0.5, 0.6) is 0 Å². The van der Waals surface area contributed by atoms with Crippen molar-refractivity contribution in [3.05, 3.63) is 81.5 Å². The second-order valence-electron chi connectivity index (χ2n) is 8.06. The van der Waals surface area contributed by atoms with E-state index in [-0.39, 0.29) is 18.0 Å². The van der Waals surface area contributed by atoms with Crippen molar-refractivity contribution in [2.75, 3.05) is 0 Å². The monoisotopic (exact) mass is 464 g/mol. The Balaban J connectivity index is 0.00000306. The zero-order valence-corrected chi connectivity index (χ0v) is 20.0. The second kappa shape index (κ2) is 11.0. The molecule has 2 aromatic carbocycles. The molecule has 0 atom stereocenters. The molecule has 0 spiro atoms. The first-order valence-corrected chi connectivity index (χ1v) is 11.1. The minimum Gasteiger partial charge on any atom is -0.300 e. The SMILES string of the molecule is CCCCCc1nc(C)n(C)c(=O)c1Cc1ccc(-c2ccccc2-c2nn[nH]n2)cc1.Cl. The zero-order valence-electron chi connectivity index (χ0n) is 19.2. The van der Waals surface area contributed by atoms with Gasteiger partial charge in [-0.25, -0.2) is 4.98 Å². The average Bonchev–Trinajstić information content (AvgIpc) is 3.35. The molecule has 0 aliphatic heterocycles. The van der Waals surface area contributed by atoms with Gasteiger partial charge in [0.1, 0.15) is 5.82 Å². The number of aromatic nitrogens is 6. The van der Waals surface area contributed by atoms with E-state index in [2.05, 4.69) is 51.8 Å². The quantitative estimate of drug-likeness (QED) is 0.382. The van der Waals surface area contributed by atoms with Gasteiger partial charge in [0.2, 0.25) is 5.82 Å². The Morgan fingerprint density at radius 3 is 2.39 bits per heavy atom. The molecule has 2 aromatic heterocycles. The number of hydrogen-bond acceptors (Lipinski definition) is 5. The van der Waals surface area contributed by atoms with Gasteiger partial charge in [-0.3, -0.25) is 9.36 Å². The lowest BCUT2D eigenvalue weighted by Crippen LogP contribution is -2.27. The van der Waals surface area contributed by atoms with Gasteiger partial charge in [0.15, 0.2) is 0 Å². The maximum atomic E-state index is 13.0. The lowest BCUT2D eigenvalue weighted by Gasteiger charge is -2.13. The van der Waals surface area contributed by atoms with Gasteiger partial charge in [-0.05, 0) is 41.7 Å². The van der Waals surface area contributed by atoms with Crippen LogP contribution >= 0.6 is 12.4 Å². The van der Waals surface area contributed by atoms with Crippen LogP contribution in [-0.2, 0) is 19.9 Å². The van der Waals surface area contributed by atoms with Gasteiger partial charge in [0, 0.05) is 24.6 Å². The highest BCUT2D eigenvalue weighted by atomic mass is 35.5. The van der Waals surface area contributed by atoms with Crippen molar-refractivity contribution in [3.8, 4) is 22.5 Å². The van der Waals surface area contributed by atoms with E-state index in [0.29, 0.717) is 12.2 Å². The fourth-order valence-electron chi connectivity index (χ4n) is 3.95. The summed E-state index contributed by atoms with van der Waals surface area (Å²) >= 11 is 0. The van der Waals surface area contributed by atoms with E-state index in [9.17, 15) is 4.79 Å². The smallest absolute Gasteiger partial charge is 0.257 e. The molecule has 8 heteroatoms. The Labute approximate surface area is 199 Å². The number of H-pyrrole nitrogens is 1. The summed E-state index contributed by atoms with van der Waals surface area (Å²) in [4.78, 5) is 17.8. The van der Waals surface area contributed by atoms with Gasteiger partial charge < -0.3 is 0 Å². The Bertz CT molecular complexity index is 1250. The highest BCUT2D eigenvalue weighted by Crippen LogP contribution is 2.30. The molecule has 0 bridgehead atoms. The van der Waals surface area contributed by atoms with Crippen molar-refractivity contribution in [2.45, 2.75) is 46.0 Å². The van der Waals surface area contributed by atoms with E-state index >= 15 is 0 Å². The predicted octanol–water partition coefficient (Wildman–Crippen LogP) is 4.68. The van der Waals surface area contributed by atoms with Gasteiger partial charge in [-0.1, -0.05) is 68.3 Å². The third-order valence-corrected chi connectivity index (χ3v) is 5.87. The number of tetrazole rings is 1. The average molecular weight is 465 g/mol. The number of aromatic amines is 1. The lowest BCUT2D eigenvalue weighted by molar-refractivity contribution is 0.676. The number of benzene rings is 2. The molecular weight excluding hydrogens is 436 g/mol. The first kappa shape index (κ1) is 24.3. The Hall–Kier alpha value is -3.32. The lowest BCUT2D eigenvalue weighted by atomic mass is 9.96. The molecule has 4 aromatic rings. The Kier molecular flexibility index (Phi) is 8.11. The van der Waals surface area contributed by atoms with Crippen molar-refractivity contribution >= 4 is 12.4 Å². The van der Waals surface area contributed by atoms with Crippen molar-refractivity contribution in [1.82, 2.24) is 30.2 Å². The molecule has 0 fully saturated rings. The summed E-state index contributed by atoms with van der Waals surface area (Å²) in [5, 5.41) is 14.4. The van der Waals surface area contributed by atoms with Crippen LogP contribution in [0.25, 0.3) is 22.5 Å². The van der Waals surface area contributed by atoms with Crippen molar-refractivity contribution in [3.63, 3.8) is 0 Å². The first-order chi connectivity index (χ1) is 15.6. The number of unbranched alkanes of at least 4 members (excludes halogenated alkanes) is 2. The normalized spacial score (nSPS) is 10.8. The number of halogens is 1. The van der Waals surface area contributed by atoms with E-state index in [1.165, 1.54) is 0 Å². The van der Waals surface area contributed by atoms with Gasteiger partial charge in [0.05, 0.1) is 5.69 Å². The summed E-state index contributed by atoms with van der Waals surface area (Å²) < 4.78 is 1.65. The molecule has 0 radical (unpaired) electrons. The second-order valence-corrected chi connectivity index (χ2v) is 8.06. The molecule has 0 saturated heterocycles. The standard InChI is InChI=1S/C25H28N6O.ClH/c1-4-5-6-11-23-22(25(32)31(3)17(2)26-23)16-18-12-14-19(15-13-18)20-9-7-8-10-21(20)24-27-29-30-28-24;/h7-10,12-15H,4-6,11,16H2,1-3H3,(H,27,28,29,30);1H. The summed E-state index contributed by atoms with van der Waals surface area (Å²) in [6.07, 6.45) is 4.76. The fraction of sp³-hybridized carbons (Fsp3) is 0.320. The predicted molar refractivity (Wildman–Crippen MR) is 133 cm³/mol. The van der Waals surface area contributed by atoms with Gasteiger partial charge >= 0.3 is 0 Å². The largest absolute Gasteiger partial charge is 0.300 e. The Morgan fingerprint density at radius 1 is 1.00 bits per heavy atom. The van der Waals surface area contributed by atoms with Crippen molar-refractivity contribution in [2.24, 2.45) is 7.05 Å². The van der Waals surface area contributed by atoms with Crippen LogP contribution in [0, 0.1) is 6.92 Å². The van der Waals surface area contributed by atoms with E-state index in [1.54, 1.807) is 11.6 Å². The van der Waals surface area contributed by atoms with Crippen LogP contribution in [0.15, 0.2) is 53.3 Å². The zero-order chi connectivity index (χ0) is 22.5. The highest BCUT2D eigenvalue weighted by Gasteiger charge is 2.14. The van der Waals surface area contributed by atoms with Crippen LogP contribution in [0.3, 0.4) is 0 Å². The van der Waals surface area contributed by atoms with Crippen LogP contribution < -0.4 is 5.56 Å². The number of nitrogens with one attached hydrogen (secondary N) is 1. The van der Waals surface area contributed by atoms with Crippen LogP contribution in [0.2, 0.25) is 0 Å². The Morgan fingerprint density at radius 2 is 1.73 bits per heavy atom. The van der Waals surface area contributed by atoms with Crippen molar-refractivity contribution < 1.29 is 0 Å². The fourth-order valence-corrected chi connectivity index (χ4v) is 3.95. The van der Waals surface area contributed by atoms with Gasteiger partial charge in [-0.2, -0.15) is 5.21 Å². The van der Waals surface area contributed by atoms with Crippen molar-refractivity contribution in [1.29, 1.82) is 0 Å². The van der Waals surface area contributed by atoms with E-state index < -0.39 is 0 Å². The maximum absolute atomic E-state index is 13.0. The minimum atomic E-state index is 0. The molecule has 0 aliphatic carbocycles. The molecule has 172 valence electrons. The van der Waals surface area contributed by atoms with Gasteiger partial charge in [-0.15, -0.1) is 22.6 Å². The molecule has 2 heterocycles. The van der Waals surface area contributed by atoms with E-state index in [1.807, 2.05) is 31.2 Å². The molecule has 33 heavy (non-hydrogen) atoms. The molecule has 4 rings (SSSR count). The molecule has 0 unspecified atom stereocenters. The van der Waals surface area contributed by atoms with Crippen LogP contribution in [-0.4, -0.2) is 30.2 Å². The highest BCUT2D eigenvalue weighted by molar-refractivity contribution is 5.85. The van der Waals surface area contributed by atoms with Crippen LogP contribution in [0.4, 0.5) is 0 Å². The maximum Gasteiger partial charge on any atom is 0.257 e. The number of aryl methyl sites for hydroxylation is 2. The summed E-state index contributed by atoms with van der Waals surface area (Å²) in [5.41, 5.74) is 5.89. The summed E-state index contributed by atoms with van der Waals surface area (Å²) in [7, 11) is 1.79. The third kappa shape index (κ3) is 5.37. The van der Waals surface area contributed by atoms with Gasteiger partial charge in [0.25, 0.3) is 5.56 Å². The van der Waals surface area contributed by atoms with E-state index in [0.717, 1.165) is 65.0 Å². The molecule has 0 amide bonds. The summed E-state index contributed by atoms with van der Waals surface area (Å²) in [6, 6.07) is 16.3. The third-order valence-electron chi connectivity index (χ3n) is 5.87. The number of rotatable bonds is 8. The minimum absolute atomic E-state index is 0. The molecule has 0 saturated carbocycles. The topological polar surface area (TPSA) is 89.4 Å². The van der Waals surface area contributed by atoms with Crippen LogP contribution in [0.1, 0.15) is 48.8 Å². The molecular formula is C25H29ClN6O. The first-order valence-electron chi connectivity index (χ1n) is 11.1.